The molecule has 2 rings (SSSR count). The van der Waals surface area contributed by atoms with E-state index in [1.165, 1.54) is 0 Å². The minimum Gasteiger partial charge on any atom is -0.317 e. The van der Waals surface area contributed by atoms with E-state index in [0.717, 1.165) is 25.5 Å². The molecule has 1 saturated carbocycles. The van der Waals surface area contributed by atoms with Crippen LogP contribution in [-0.2, 0) is 9.59 Å². The molecule has 4 nitrogen and oxygen atoms in total. The summed E-state index contributed by atoms with van der Waals surface area (Å²) >= 11 is 5.59. The van der Waals surface area contributed by atoms with Crippen molar-refractivity contribution in [3.8, 4) is 0 Å². The van der Waals surface area contributed by atoms with Crippen LogP contribution < -0.4 is 10.6 Å². The first-order chi connectivity index (χ1) is 8.66. The molecule has 0 radical (unpaired) electrons. The molecule has 18 heavy (non-hydrogen) atoms. The van der Waals surface area contributed by atoms with Crippen LogP contribution in [-0.4, -0.2) is 43.6 Å². The standard InChI is InChI=1S/C13H21ClN2O2/c1-15-10-4-2-3-9(10)13(8-17)5-11(16-7-13)12(18)6-14/h8-11,15-16H,2-7H2,1H3. The van der Waals surface area contributed by atoms with Crippen molar-refractivity contribution in [3.05, 3.63) is 0 Å². The smallest absolute Gasteiger partial charge is 0.164 e. The highest BCUT2D eigenvalue weighted by molar-refractivity contribution is 6.28. The predicted octanol–water partition coefficient (Wildman–Crippen LogP) is 0.730. The lowest BCUT2D eigenvalue weighted by molar-refractivity contribution is -0.120. The van der Waals surface area contributed by atoms with Crippen LogP contribution in [0.5, 0.6) is 0 Å². The Morgan fingerprint density at radius 3 is 2.94 bits per heavy atom. The number of hydrogen-bond acceptors (Lipinski definition) is 4. The minimum atomic E-state index is -0.392. The second kappa shape index (κ2) is 5.68. The van der Waals surface area contributed by atoms with Gasteiger partial charge < -0.3 is 15.4 Å². The molecule has 4 unspecified atom stereocenters. The molecule has 102 valence electrons. The monoisotopic (exact) mass is 272 g/mol. The summed E-state index contributed by atoms with van der Waals surface area (Å²) in [6, 6.07) is 0.146. The molecule has 0 bridgehead atoms. The lowest BCUT2D eigenvalue weighted by Gasteiger charge is -2.33. The molecule has 1 heterocycles. The third-order valence-electron chi connectivity index (χ3n) is 4.64. The Kier molecular flexibility index (Phi) is 4.41. The molecular weight excluding hydrogens is 252 g/mol. The van der Waals surface area contributed by atoms with E-state index in [-0.39, 0.29) is 17.7 Å². The van der Waals surface area contributed by atoms with Crippen molar-refractivity contribution in [3.63, 3.8) is 0 Å². The van der Waals surface area contributed by atoms with E-state index in [4.69, 9.17) is 11.6 Å². The van der Waals surface area contributed by atoms with Gasteiger partial charge in [0.05, 0.1) is 11.9 Å². The fraction of sp³-hybridized carbons (Fsp3) is 0.846. The van der Waals surface area contributed by atoms with Gasteiger partial charge in [-0.1, -0.05) is 6.42 Å². The van der Waals surface area contributed by atoms with E-state index in [2.05, 4.69) is 10.6 Å². The van der Waals surface area contributed by atoms with E-state index in [1.807, 2.05) is 7.05 Å². The lowest BCUT2D eigenvalue weighted by atomic mass is 9.72. The van der Waals surface area contributed by atoms with Crippen molar-refractivity contribution in [1.82, 2.24) is 10.6 Å². The molecule has 2 N–H and O–H groups in total. The third kappa shape index (κ3) is 2.33. The first kappa shape index (κ1) is 14.0. The molecule has 2 aliphatic rings. The Morgan fingerprint density at radius 2 is 2.33 bits per heavy atom. The fourth-order valence-corrected chi connectivity index (χ4v) is 3.80. The van der Waals surface area contributed by atoms with Crippen LogP contribution >= 0.6 is 11.6 Å². The van der Waals surface area contributed by atoms with Gasteiger partial charge in [0, 0.05) is 18.0 Å². The summed E-state index contributed by atoms with van der Waals surface area (Å²) in [6.07, 6.45) is 5.01. The number of hydrogen-bond donors (Lipinski definition) is 2. The molecule has 0 amide bonds. The summed E-state index contributed by atoms with van der Waals surface area (Å²) < 4.78 is 0. The molecule has 4 atom stereocenters. The molecule has 0 aromatic heterocycles. The summed E-state index contributed by atoms with van der Waals surface area (Å²) in [4.78, 5) is 23.3. The lowest BCUT2D eigenvalue weighted by Crippen LogP contribution is -2.43. The number of Topliss-reactive ketones (excluding diaryl/α,β-unsaturated/α-hetero) is 1. The van der Waals surface area contributed by atoms with Gasteiger partial charge in [-0.05, 0) is 32.2 Å². The van der Waals surface area contributed by atoms with Crippen molar-refractivity contribution in [1.29, 1.82) is 0 Å². The van der Waals surface area contributed by atoms with Crippen LogP contribution in [0.2, 0.25) is 0 Å². The molecule has 2 fully saturated rings. The number of ketones is 1. The van der Waals surface area contributed by atoms with Gasteiger partial charge in [0.1, 0.15) is 6.29 Å². The predicted molar refractivity (Wildman–Crippen MR) is 70.8 cm³/mol. The number of alkyl halides is 1. The summed E-state index contributed by atoms with van der Waals surface area (Å²) in [7, 11) is 1.95. The van der Waals surface area contributed by atoms with Crippen LogP contribution in [0.15, 0.2) is 0 Å². The molecule has 1 aliphatic carbocycles. The zero-order valence-corrected chi connectivity index (χ0v) is 11.5. The third-order valence-corrected chi connectivity index (χ3v) is 4.91. The van der Waals surface area contributed by atoms with E-state index in [1.54, 1.807) is 0 Å². The number of nitrogens with one attached hydrogen (secondary N) is 2. The molecule has 1 aliphatic heterocycles. The average molecular weight is 273 g/mol. The molecular formula is C13H21ClN2O2. The summed E-state index contributed by atoms with van der Waals surface area (Å²) in [6.45, 7) is 0.604. The van der Waals surface area contributed by atoms with Gasteiger partial charge >= 0.3 is 0 Å². The Balaban J connectivity index is 2.13. The van der Waals surface area contributed by atoms with Gasteiger partial charge in [0.2, 0.25) is 0 Å². The SMILES string of the molecule is CNC1CCCC1C1(C=O)CNC(C(=O)CCl)C1. The van der Waals surface area contributed by atoms with Gasteiger partial charge in [0.25, 0.3) is 0 Å². The van der Waals surface area contributed by atoms with Gasteiger partial charge in [-0.25, -0.2) is 0 Å². The molecule has 0 aromatic rings. The number of aldehydes is 1. The Hall–Kier alpha value is -0.450. The van der Waals surface area contributed by atoms with Crippen molar-refractivity contribution < 1.29 is 9.59 Å². The van der Waals surface area contributed by atoms with Crippen LogP contribution in [0.3, 0.4) is 0 Å². The van der Waals surface area contributed by atoms with Gasteiger partial charge in [-0.2, -0.15) is 0 Å². The normalized spacial score (nSPS) is 40.0. The van der Waals surface area contributed by atoms with Crippen molar-refractivity contribution in [2.45, 2.75) is 37.8 Å². The van der Waals surface area contributed by atoms with E-state index >= 15 is 0 Å². The maximum absolute atomic E-state index is 11.7. The topological polar surface area (TPSA) is 58.2 Å². The highest BCUT2D eigenvalue weighted by atomic mass is 35.5. The fourth-order valence-electron chi connectivity index (χ4n) is 3.61. The Labute approximate surface area is 113 Å². The zero-order chi connectivity index (χ0) is 13.2. The Bertz CT molecular complexity index is 337. The number of halogens is 1. The molecule has 0 aromatic carbocycles. The number of carbonyl (C=O) groups is 2. The van der Waals surface area contributed by atoms with Crippen molar-refractivity contribution in [2.24, 2.45) is 11.3 Å². The number of carbonyl (C=O) groups excluding carboxylic acids is 2. The first-order valence-corrected chi connectivity index (χ1v) is 7.16. The van der Waals surface area contributed by atoms with Crippen LogP contribution in [0.25, 0.3) is 0 Å². The number of rotatable bonds is 5. The highest BCUT2D eigenvalue weighted by Crippen LogP contribution is 2.44. The van der Waals surface area contributed by atoms with Gasteiger partial charge in [-0.3, -0.25) is 4.79 Å². The van der Waals surface area contributed by atoms with E-state index in [0.29, 0.717) is 24.9 Å². The molecule has 0 spiro atoms. The summed E-state index contributed by atoms with van der Waals surface area (Å²) in [5.41, 5.74) is -0.392. The van der Waals surface area contributed by atoms with Crippen LogP contribution in [0.1, 0.15) is 25.7 Å². The van der Waals surface area contributed by atoms with Crippen molar-refractivity contribution in [2.75, 3.05) is 19.5 Å². The molecule has 5 heteroatoms. The summed E-state index contributed by atoms with van der Waals surface area (Å²) in [5, 5.41) is 6.49. The van der Waals surface area contributed by atoms with Crippen LogP contribution in [0, 0.1) is 11.3 Å². The first-order valence-electron chi connectivity index (χ1n) is 6.62. The largest absolute Gasteiger partial charge is 0.317 e. The maximum atomic E-state index is 11.7. The second-order valence-electron chi connectivity index (χ2n) is 5.52. The zero-order valence-electron chi connectivity index (χ0n) is 10.7. The van der Waals surface area contributed by atoms with E-state index < -0.39 is 5.41 Å². The van der Waals surface area contributed by atoms with Crippen LogP contribution in [0.4, 0.5) is 0 Å². The van der Waals surface area contributed by atoms with Gasteiger partial charge in [-0.15, -0.1) is 11.6 Å². The Morgan fingerprint density at radius 1 is 1.56 bits per heavy atom. The summed E-state index contributed by atoms with van der Waals surface area (Å²) in [5.74, 6) is 0.354. The van der Waals surface area contributed by atoms with E-state index in [9.17, 15) is 9.59 Å². The minimum absolute atomic E-state index is 0.000559. The quantitative estimate of drug-likeness (QED) is 0.572. The van der Waals surface area contributed by atoms with Gasteiger partial charge in [0.15, 0.2) is 5.78 Å². The maximum Gasteiger partial charge on any atom is 0.164 e. The second-order valence-corrected chi connectivity index (χ2v) is 5.79. The molecule has 1 saturated heterocycles. The highest BCUT2D eigenvalue weighted by Gasteiger charge is 2.50. The average Bonchev–Trinajstić information content (AvgIpc) is 3.04. The van der Waals surface area contributed by atoms with Crippen molar-refractivity contribution >= 4 is 23.7 Å².